The predicted molar refractivity (Wildman–Crippen MR) is 97.4 cm³/mol. The molecule has 0 radical (unpaired) electrons. The number of carbonyl (C=O) groups excluding carboxylic acids is 1. The van der Waals surface area contributed by atoms with Crippen molar-refractivity contribution in [3.8, 4) is 0 Å². The molecule has 1 saturated carbocycles. The summed E-state index contributed by atoms with van der Waals surface area (Å²) in [6.45, 7) is 3.47. The van der Waals surface area contributed by atoms with Gasteiger partial charge in [-0.3, -0.25) is 9.59 Å². The Bertz CT molecular complexity index is 845. The highest BCUT2D eigenvalue weighted by molar-refractivity contribution is 5.79. The first kappa shape index (κ1) is 18.3. The van der Waals surface area contributed by atoms with E-state index in [1.165, 1.54) is 12.1 Å². The van der Waals surface area contributed by atoms with Crippen molar-refractivity contribution in [2.45, 2.75) is 52.0 Å². The van der Waals surface area contributed by atoms with E-state index >= 15 is 0 Å². The van der Waals surface area contributed by atoms with E-state index in [1.807, 2.05) is 0 Å². The van der Waals surface area contributed by atoms with Crippen LogP contribution < -0.4 is 10.9 Å². The molecule has 1 heterocycles. The number of benzene rings is 1. The van der Waals surface area contributed by atoms with Crippen LogP contribution in [0.2, 0.25) is 0 Å². The molecule has 6 heteroatoms. The van der Waals surface area contributed by atoms with E-state index in [1.54, 1.807) is 26.0 Å². The van der Waals surface area contributed by atoms with Crippen molar-refractivity contribution in [3.05, 3.63) is 63.1 Å². The smallest absolute Gasteiger partial charge is 0.254 e. The van der Waals surface area contributed by atoms with Crippen LogP contribution in [0.3, 0.4) is 0 Å². The van der Waals surface area contributed by atoms with Gasteiger partial charge in [0.1, 0.15) is 11.6 Å². The van der Waals surface area contributed by atoms with Gasteiger partial charge in [-0.1, -0.05) is 18.6 Å². The number of aryl methyl sites for hydroxylation is 2. The number of carbonyl (C=O) groups is 1. The second-order valence-corrected chi connectivity index (χ2v) is 7.09. The van der Waals surface area contributed by atoms with Crippen molar-refractivity contribution >= 4 is 5.91 Å². The molecule has 1 aromatic carbocycles. The molecule has 1 aromatic heterocycles. The summed E-state index contributed by atoms with van der Waals surface area (Å²) in [5.74, 6) is 0.490. The van der Waals surface area contributed by atoms with Crippen LogP contribution in [0.5, 0.6) is 0 Å². The van der Waals surface area contributed by atoms with Crippen LogP contribution in [0.25, 0.3) is 0 Å². The lowest BCUT2D eigenvalue weighted by molar-refractivity contribution is -0.121. The molecule has 1 fully saturated rings. The van der Waals surface area contributed by atoms with Gasteiger partial charge in [0.15, 0.2) is 0 Å². The van der Waals surface area contributed by atoms with Crippen molar-refractivity contribution in [3.63, 3.8) is 0 Å². The summed E-state index contributed by atoms with van der Waals surface area (Å²) in [5.41, 5.74) is 1.84. The third kappa shape index (κ3) is 4.36. The minimum Gasteiger partial charge on any atom is -0.353 e. The lowest BCUT2D eigenvalue weighted by atomic mass is 9.94. The fraction of sp³-hybridized carbons (Fsp3) is 0.450. The molecule has 2 atom stereocenters. The maximum Gasteiger partial charge on any atom is 0.254 e. The number of halogens is 1. The fourth-order valence-corrected chi connectivity index (χ4v) is 3.77. The molecule has 5 nitrogen and oxygen atoms in total. The Balaban J connectivity index is 1.63. The zero-order valence-corrected chi connectivity index (χ0v) is 15.1. The molecule has 0 aliphatic heterocycles. The highest BCUT2D eigenvalue weighted by Crippen LogP contribution is 2.29. The number of aromatic amines is 1. The molecular weight excluding hydrogens is 333 g/mol. The van der Waals surface area contributed by atoms with Crippen molar-refractivity contribution in [2.75, 3.05) is 0 Å². The van der Waals surface area contributed by atoms with Crippen LogP contribution >= 0.6 is 0 Å². The van der Waals surface area contributed by atoms with E-state index in [4.69, 9.17) is 0 Å². The number of H-pyrrole nitrogens is 1. The van der Waals surface area contributed by atoms with E-state index in [9.17, 15) is 14.0 Å². The molecule has 0 spiro atoms. The highest BCUT2D eigenvalue weighted by Gasteiger charge is 2.29. The Morgan fingerprint density at radius 2 is 2.00 bits per heavy atom. The number of aromatic nitrogens is 2. The molecule has 2 N–H and O–H groups in total. The molecule has 0 saturated heterocycles. The summed E-state index contributed by atoms with van der Waals surface area (Å²) in [4.78, 5) is 31.4. The van der Waals surface area contributed by atoms with Gasteiger partial charge in [0.2, 0.25) is 5.91 Å². The van der Waals surface area contributed by atoms with Gasteiger partial charge >= 0.3 is 0 Å². The summed E-state index contributed by atoms with van der Waals surface area (Å²) in [6, 6.07) is 6.63. The number of hydrogen-bond donors (Lipinski definition) is 2. The zero-order chi connectivity index (χ0) is 18.7. The van der Waals surface area contributed by atoms with E-state index in [0.29, 0.717) is 23.0 Å². The quantitative estimate of drug-likeness (QED) is 0.864. The van der Waals surface area contributed by atoms with Gasteiger partial charge in [-0.15, -0.1) is 0 Å². The maximum atomic E-state index is 13.1. The molecule has 0 unspecified atom stereocenters. The zero-order valence-electron chi connectivity index (χ0n) is 15.1. The van der Waals surface area contributed by atoms with E-state index < -0.39 is 0 Å². The van der Waals surface area contributed by atoms with E-state index in [2.05, 4.69) is 15.3 Å². The van der Waals surface area contributed by atoms with Gasteiger partial charge < -0.3 is 10.3 Å². The second-order valence-electron chi connectivity index (χ2n) is 7.09. The predicted octanol–water partition coefficient (Wildman–Crippen LogP) is 2.60. The third-order valence-electron chi connectivity index (χ3n) is 5.09. The SMILES string of the molecule is Cc1nc(C)c(CC(=O)N[C@@H]2CCC[C@@H]2Cc2ccc(F)cc2)c(=O)[nH]1. The van der Waals surface area contributed by atoms with Crippen LogP contribution in [0.15, 0.2) is 29.1 Å². The molecule has 1 amide bonds. The molecule has 0 bridgehead atoms. The molecule has 26 heavy (non-hydrogen) atoms. The number of hydrogen-bond acceptors (Lipinski definition) is 3. The first-order chi connectivity index (χ1) is 12.4. The van der Waals surface area contributed by atoms with Gasteiger partial charge in [-0.05, 0) is 56.7 Å². The average molecular weight is 357 g/mol. The average Bonchev–Trinajstić information content (AvgIpc) is 3.00. The summed E-state index contributed by atoms with van der Waals surface area (Å²) >= 11 is 0. The van der Waals surface area contributed by atoms with Crippen LogP contribution in [-0.4, -0.2) is 21.9 Å². The van der Waals surface area contributed by atoms with Crippen molar-refractivity contribution in [2.24, 2.45) is 5.92 Å². The summed E-state index contributed by atoms with van der Waals surface area (Å²) < 4.78 is 13.1. The van der Waals surface area contributed by atoms with Gasteiger partial charge in [0.05, 0.1) is 6.42 Å². The second kappa shape index (κ2) is 7.81. The number of amides is 1. The number of rotatable bonds is 5. The minimum absolute atomic E-state index is 0.0359. The normalized spacial score (nSPS) is 19.5. The standard InChI is InChI=1S/C20H24FN3O2/c1-12-17(20(26)23-13(2)22-12)11-19(25)24-18-5-3-4-15(18)10-14-6-8-16(21)9-7-14/h6-9,15,18H,3-5,10-11H2,1-2H3,(H,24,25)(H,22,23,26)/t15-,18-/m1/s1. The van der Waals surface area contributed by atoms with Crippen molar-refractivity contribution in [1.29, 1.82) is 0 Å². The van der Waals surface area contributed by atoms with Crippen LogP contribution in [0.1, 0.15) is 41.9 Å². The van der Waals surface area contributed by atoms with Crippen LogP contribution in [0, 0.1) is 25.6 Å². The van der Waals surface area contributed by atoms with Gasteiger partial charge in [0, 0.05) is 17.3 Å². The number of nitrogens with one attached hydrogen (secondary N) is 2. The molecule has 138 valence electrons. The fourth-order valence-electron chi connectivity index (χ4n) is 3.77. The Labute approximate surface area is 152 Å². The molecule has 1 aliphatic rings. The van der Waals surface area contributed by atoms with Crippen molar-refractivity contribution < 1.29 is 9.18 Å². The Kier molecular flexibility index (Phi) is 5.49. The largest absolute Gasteiger partial charge is 0.353 e. The summed E-state index contributed by atoms with van der Waals surface area (Å²) in [7, 11) is 0. The van der Waals surface area contributed by atoms with Gasteiger partial charge in [-0.25, -0.2) is 9.37 Å². The lowest BCUT2D eigenvalue weighted by Crippen LogP contribution is -2.39. The molecular formula is C20H24FN3O2. The molecule has 2 aromatic rings. The monoisotopic (exact) mass is 357 g/mol. The van der Waals surface area contributed by atoms with Gasteiger partial charge in [0.25, 0.3) is 5.56 Å². The van der Waals surface area contributed by atoms with Crippen LogP contribution in [-0.2, 0) is 17.6 Å². The lowest BCUT2D eigenvalue weighted by Gasteiger charge is -2.21. The Morgan fingerprint density at radius 3 is 2.69 bits per heavy atom. The van der Waals surface area contributed by atoms with E-state index in [0.717, 1.165) is 31.2 Å². The minimum atomic E-state index is -0.251. The first-order valence-electron chi connectivity index (χ1n) is 9.02. The van der Waals surface area contributed by atoms with Crippen molar-refractivity contribution in [1.82, 2.24) is 15.3 Å². The maximum absolute atomic E-state index is 13.1. The summed E-state index contributed by atoms with van der Waals surface area (Å²) in [5, 5.41) is 3.08. The first-order valence-corrected chi connectivity index (χ1v) is 9.02. The molecule has 3 rings (SSSR count). The molecule has 1 aliphatic carbocycles. The Hall–Kier alpha value is -2.50. The van der Waals surface area contributed by atoms with Crippen LogP contribution in [0.4, 0.5) is 4.39 Å². The highest BCUT2D eigenvalue weighted by atomic mass is 19.1. The third-order valence-corrected chi connectivity index (χ3v) is 5.09. The topological polar surface area (TPSA) is 74.8 Å². The number of nitrogens with zero attached hydrogens (tertiary/aromatic N) is 1. The Morgan fingerprint density at radius 1 is 1.27 bits per heavy atom. The van der Waals surface area contributed by atoms with E-state index in [-0.39, 0.29) is 29.7 Å². The summed E-state index contributed by atoms with van der Waals surface area (Å²) in [6.07, 6.45) is 3.88. The van der Waals surface area contributed by atoms with Gasteiger partial charge in [-0.2, -0.15) is 0 Å².